The molecule has 5 nitrogen and oxygen atoms in total. The minimum absolute atomic E-state index is 0.0175. The van der Waals surface area contributed by atoms with Crippen molar-refractivity contribution in [2.45, 2.75) is 0 Å². The molecule has 6 heteroatoms. The van der Waals surface area contributed by atoms with E-state index in [1.807, 2.05) is 0 Å². The fourth-order valence-corrected chi connectivity index (χ4v) is 2.36. The second kappa shape index (κ2) is 6.58. The quantitative estimate of drug-likeness (QED) is 0.908. The molecule has 0 bridgehead atoms. The van der Waals surface area contributed by atoms with Crippen molar-refractivity contribution in [1.82, 2.24) is 0 Å². The number of benzene rings is 2. The molecular formula is C16H15ClO5. The number of ether oxygens (including phenoxy) is 3. The van der Waals surface area contributed by atoms with Crippen LogP contribution in [0.4, 0.5) is 0 Å². The first-order valence-corrected chi connectivity index (χ1v) is 6.72. The van der Waals surface area contributed by atoms with Crippen molar-refractivity contribution in [3.05, 3.63) is 40.9 Å². The van der Waals surface area contributed by atoms with Gasteiger partial charge in [-0.15, -0.1) is 0 Å². The number of carboxylic acid groups (broad SMARTS) is 1. The first-order chi connectivity index (χ1) is 10.5. The van der Waals surface area contributed by atoms with Crippen LogP contribution in [-0.4, -0.2) is 32.4 Å². The van der Waals surface area contributed by atoms with E-state index in [4.69, 9.17) is 25.8 Å². The van der Waals surface area contributed by atoms with Gasteiger partial charge in [-0.05, 0) is 24.3 Å². The highest BCUT2D eigenvalue weighted by Gasteiger charge is 2.22. The lowest BCUT2D eigenvalue weighted by Crippen LogP contribution is -2.05. The van der Waals surface area contributed by atoms with Crippen molar-refractivity contribution in [1.29, 1.82) is 0 Å². The fourth-order valence-electron chi connectivity index (χ4n) is 2.19. The fraction of sp³-hybridized carbons (Fsp3) is 0.188. The van der Waals surface area contributed by atoms with Gasteiger partial charge in [0.2, 0.25) is 0 Å². The lowest BCUT2D eigenvalue weighted by atomic mass is 9.97. The van der Waals surface area contributed by atoms with Gasteiger partial charge in [0.1, 0.15) is 22.8 Å². The van der Waals surface area contributed by atoms with Gasteiger partial charge in [-0.2, -0.15) is 0 Å². The van der Waals surface area contributed by atoms with Crippen molar-refractivity contribution in [3.63, 3.8) is 0 Å². The summed E-state index contributed by atoms with van der Waals surface area (Å²) in [4.78, 5) is 11.7. The number of hydrogen-bond acceptors (Lipinski definition) is 4. The van der Waals surface area contributed by atoms with E-state index in [0.717, 1.165) is 0 Å². The largest absolute Gasteiger partial charge is 0.497 e. The lowest BCUT2D eigenvalue weighted by molar-refractivity contribution is 0.0694. The molecule has 0 amide bonds. The molecule has 1 N–H and O–H groups in total. The van der Waals surface area contributed by atoms with E-state index in [2.05, 4.69) is 0 Å². The van der Waals surface area contributed by atoms with Crippen LogP contribution in [-0.2, 0) is 0 Å². The minimum Gasteiger partial charge on any atom is -0.497 e. The monoisotopic (exact) mass is 322 g/mol. The highest BCUT2D eigenvalue weighted by Crippen LogP contribution is 2.40. The zero-order valence-electron chi connectivity index (χ0n) is 12.3. The summed E-state index contributed by atoms with van der Waals surface area (Å²) in [7, 11) is 4.40. The lowest BCUT2D eigenvalue weighted by Gasteiger charge is -2.15. The Morgan fingerprint density at radius 3 is 2.18 bits per heavy atom. The summed E-state index contributed by atoms with van der Waals surface area (Å²) >= 11 is 6.04. The number of hydrogen-bond donors (Lipinski definition) is 1. The molecule has 0 aliphatic heterocycles. The van der Waals surface area contributed by atoms with Gasteiger partial charge in [0, 0.05) is 22.2 Å². The predicted molar refractivity (Wildman–Crippen MR) is 83.5 cm³/mol. The Kier molecular flexibility index (Phi) is 4.78. The van der Waals surface area contributed by atoms with E-state index in [-0.39, 0.29) is 11.3 Å². The molecule has 0 aliphatic carbocycles. The third-order valence-corrected chi connectivity index (χ3v) is 3.43. The van der Waals surface area contributed by atoms with Gasteiger partial charge in [-0.25, -0.2) is 4.79 Å². The molecule has 0 unspecified atom stereocenters. The summed E-state index contributed by atoms with van der Waals surface area (Å²) in [5.41, 5.74) is 0.969. The van der Waals surface area contributed by atoms with Crippen LogP contribution in [0.1, 0.15) is 10.4 Å². The molecule has 22 heavy (non-hydrogen) atoms. The topological polar surface area (TPSA) is 65.0 Å². The summed E-state index contributed by atoms with van der Waals surface area (Å²) in [6.45, 7) is 0. The summed E-state index contributed by atoms with van der Waals surface area (Å²) in [5.74, 6) is 0.0569. The molecule has 0 aromatic heterocycles. The molecule has 116 valence electrons. The molecule has 0 aliphatic rings. The van der Waals surface area contributed by atoms with Crippen LogP contribution in [0, 0.1) is 0 Å². The zero-order valence-corrected chi connectivity index (χ0v) is 13.1. The average molecular weight is 323 g/mol. The van der Waals surface area contributed by atoms with Crippen LogP contribution in [0.3, 0.4) is 0 Å². The SMILES string of the molecule is COc1cc(OC)c(C(=O)O)c(-c2cc(Cl)ccc2OC)c1. The van der Waals surface area contributed by atoms with Crippen molar-refractivity contribution in [2.75, 3.05) is 21.3 Å². The van der Waals surface area contributed by atoms with Gasteiger partial charge in [0.25, 0.3) is 0 Å². The Labute approximate surface area is 133 Å². The third kappa shape index (κ3) is 2.94. The Morgan fingerprint density at radius 2 is 1.64 bits per heavy atom. The van der Waals surface area contributed by atoms with Crippen LogP contribution in [0.2, 0.25) is 5.02 Å². The second-order valence-electron chi connectivity index (χ2n) is 4.40. The molecular weight excluding hydrogens is 308 g/mol. The van der Waals surface area contributed by atoms with E-state index in [1.165, 1.54) is 27.4 Å². The molecule has 0 atom stereocenters. The number of aromatic carboxylic acids is 1. The van der Waals surface area contributed by atoms with Crippen molar-refractivity contribution in [3.8, 4) is 28.4 Å². The maximum atomic E-state index is 11.7. The maximum Gasteiger partial charge on any atom is 0.340 e. The highest BCUT2D eigenvalue weighted by molar-refractivity contribution is 6.31. The molecule has 0 saturated carbocycles. The Balaban J connectivity index is 2.83. The molecule has 0 fully saturated rings. The minimum atomic E-state index is -1.11. The molecule has 2 aromatic carbocycles. The van der Waals surface area contributed by atoms with Crippen LogP contribution in [0.5, 0.6) is 17.2 Å². The summed E-state index contributed by atoms with van der Waals surface area (Å²) in [6, 6.07) is 8.11. The highest BCUT2D eigenvalue weighted by atomic mass is 35.5. The van der Waals surface area contributed by atoms with Crippen LogP contribution in [0.25, 0.3) is 11.1 Å². The van der Waals surface area contributed by atoms with E-state index in [1.54, 1.807) is 24.3 Å². The zero-order chi connectivity index (χ0) is 16.3. The molecule has 2 aromatic rings. The van der Waals surface area contributed by atoms with Gasteiger partial charge >= 0.3 is 5.97 Å². The molecule has 0 spiro atoms. The van der Waals surface area contributed by atoms with E-state index in [9.17, 15) is 9.90 Å². The van der Waals surface area contributed by atoms with Crippen molar-refractivity contribution in [2.24, 2.45) is 0 Å². The third-order valence-electron chi connectivity index (χ3n) is 3.20. The summed E-state index contributed by atoms with van der Waals surface area (Å²) in [5, 5.41) is 10.0. The van der Waals surface area contributed by atoms with Gasteiger partial charge in [0.05, 0.1) is 21.3 Å². The first-order valence-electron chi connectivity index (χ1n) is 6.35. The average Bonchev–Trinajstić information content (AvgIpc) is 2.53. The molecule has 0 saturated heterocycles. The van der Waals surface area contributed by atoms with Gasteiger partial charge in [-0.1, -0.05) is 11.6 Å². The number of halogens is 1. The number of carbonyl (C=O) groups is 1. The van der Waals surface area contributed by atoms with Crippen LogP contribution in [0.15, 0.2) is 30.3 Å². The molecule has 0 radical (unpaired) electrons. The smallest absolute Gasteiger partial charge is 0.340 e. The van der Waals surface area contributed by atoms with E-state index in [0.29, 0.717) is 27.6 Å². The van der Waals surface area contributed by atoms with Gasteiger partial charge in [0.15, 0.2) is 0 Å². The van der Waals surface area contributed by atoms with Crippen molar-refractivity contribution < 1.29 is 24.1 Å². The number of methoxy groups -OCH3 is 3. The Bertz CT molecular complexity index is 712. The van der Waals surface area contributed by atoms with Crippen LogP contribution >= 0.6 is 11.6 Å². The number of rotatable bonds is 5. The van der Waals surface area contributed by atoms with Gasteiger partial charge < -0.3 is 19.3 Å². The molecule has 0 heterocycles. The normalized spacial score (nSPS) is 10.2. The van der Waals surface area contributed by atoms with Gasteiger partial charge in [-0.3, -0.25) is 0 Å². The number of carboxylic acids is 1. The van der Waals surface area contributed by atoms with E-state index >= 15 is 0 Å². The van der Waals surface area contributed by atoms with E-state index < -0.39 is 5.97 Å². The summed E-state index contributed by atoms with van der Waals surface area (Å²) in [6.07, 6.45) is 0. The standard InChI is InChI=1S/C16H15ClO5/c1-20-10-7-12(15(16(18)19)14(8-10)22-3)11-6-9(17)4-5-13(11)21-2/h4-8H,1-3H3,(H,18,19). The maximum absolute atomic E-state index is 11.7. The molecule has 2 rings (SSSR count). The van der Waals surface area contributed by atoms with Crippen LogP contribution < -0.4 is 14.2 Å². The van der Waals surface area contributed by atoms with Crippen molar-refractivity contribution >= 4 is 17.6 Å². The Hall–Kier alpha value is -2.40. The predicted octanol–water partition coefficient (Wildman–Crippen LogP) is 3.73. The second-order valence-corrected chi connectivity index (χ2v) is 4.84. The Morgan fingerprint density at radius 1 is 0.955 bits per heavy atom. The summed E-state index contributed by atoms with van der Waals surface area (Å²) < 4.78 is 15.7. The first kappa shape index (κ1) is 16.0.